The Morgan fingerprint density at radius 1 is 1.17 bits per heavy atom. The van der Waals surface area contributed by atoms with Gasteiger partial charge in [0.25, 0.3) is 5.91 Å². The lowest BCUT2D eigenvalue weighted by Gasteiger charge is -2.49. The fourth-order valence-electron chi connectivity index (χ4n) is 5.99. The number of methoxy groups -OCH3 is 1. The molecule has 1 aliphatic carbocycles. The second-order valence-electron chi connectivity index (χ2n) is 11.4. The molecule has 6 nitrogen and oxygen atoms in total. The van der Waals surface area contributed by atoms with Crippen LogP contribution < -0.4 is 10.6 Å². The molecule has 3 N–H and O–H groups in total. The lowest BCUT2D eigenvalue weighted by atomic mass is 9.70. The van der Waals surface area contributed by atoms with Crippen molar-refractivity contribution in [1.82, 2.24) is 4.90 Å². The van der Waals surface area contributed by atoms with Crippen LogP contribution in [0.1, 0.15) is 71.3 Å². The number of rotatable bonds is 7. The molecule has 196 valence electrons. The van der Waals surface area contributed by atoms with Crippen molar-refractivity contribution in [2.24, 2.45) is 11.1 Å². The Kier molecular flexibility index (Phi) is 7.67. The van der Waals surface area contributed by atoms with Crippen LogP contribution in [-0.2, 0) is 9.53 Å². The van der Waals surface area contributed by atoms with Crippen molar-refractivity contribution in [1.29, 1.82) is 0 Å². The Balaban J connectivity index is 1.97. The van der Waals surface area contributed by atoms with Gasteiger partial charge in [0.15, 0.2) is 0 Å². The first-order valence-corrected chi connectivity index (χ1v) is 13.4. The Hall–Kier alpha value is -2.57. The number of carbonyl (C=O) groups is 1. The number of anilines is 1. The normalized spacial score (nSPS) is 22.8. The van der Waals surface area contributed by atoms with Gasteiger partial charge in [0.1, 0.15) is 5.82 Å². The largest absolute Gasteiger partial charge is 0.393 e. The van der Waals surface area contributed by atoms with Gasteiger partial charge < -0.3 is 20.5 Å². The van der Waals surface area contributed by atoms with Crippen LogP contribution in [0.2, 0.25) is 0 Å². The molecule has 0 spiro atoms. The van der Waals surface area contributed by atoms with E-state index in [0.717, 1.165) is 80.6 Å². The van der Waals surface area contributed by atoms with Crippen molar-refractivity contribution in [3.05, 3.63) is 64.1 Å². The summed E-state index contributed by atoms with van der Waals surface area (Å²) in [6.07, 6.45) is 8.32. The van der Waals surface area contributed by atoms with E-state index in [1.807, 2.05) is 0 Å². The first-order chi connectivity index (χ1) is 17.2. The monoisotopic (exact) mass is 493 g/mol. The summed E-state index contributed by atoms with van der Waals surface area (Å²) >= 11 is 0. The minimum absolute atomic E-state index is 0.0242. The molecule has 1 amide bonds. The number of aliphatic hydroxyl groups is 1. The van der Waals surface area contributed by atoms with Gasteiger partial charge in [0.2, 0.25) is 0 Å². The molecule has 4 rings (SSSR count). The lowest BCUT2D eigenvalue weighted by molar-refractivity contribution is -0.114. The number of ether oxygens (including phenoxy) is 1. The maximum Gasteiger partial charge on any atom is 0.251 e. The van der Waals surface area contributed by atoms with E-state index in [0.29, 0.717) is 5.57 Å². The molecule has 1 saturated carbocycles. The summed E-state index contributed by atoms with van der Waals surface area (Å²) in [5.41, 5.74) is 12.0. The minimum atomic E-state index is -0.492. The number of nitrogens with two attached hydrogens (primary N) is 1. The number of para-hydroxylation sites is 1. The Morgan fingerprint density at radius 3 is 2.44 bits per heavy atom. The molecule has 0 unspecified atom stereocenters. The molecular weight excluding hydrogens is 450 g/mol. The number of amides is 1. The SMILES string of the molecule is CCC/C=C1\C(C(N)=O)=C2CCC(C)(C)CC2=C(N2CCC(CO)(OC)CC2)N1c1ccccc1C. The maximum absolute atomic E-state index is 13.1. The summed E-state index contributed by atoms with van der Waals surface area (Å²) < 4.78 is 5.77. The fraction of sp³-hybridized carbons (Fsp3) is 0.567. The first kappa shape index (κ1) is 26.5. The van der Waals surface area contributed by atoms with Gasteiger partial charge in [-0.25, -0.2) is 0 Å². The standard InChI is InChI=1S/C30H43N3O3/c1-6-7-11-25-26(27(31)35)22-13-14-29(3,4)19-23(22)28(33(25)24-12-9-8-10-21(24)2)32-17-15-30(20-34,36-5)16-18-32/h8-12,34H,6-7,13-20H2,1-5H3,(H2,31,35)/b25-11+. The predicted octanol–water partition coefficient (Wildman–Crippen LogP) is 5.18. The predicted molar refractivity (Wildman–Crippen MR) is 145 cm³/mol. The van der Waals surface area contributed by atoms with E-state index in [9.17, 15) is 9.90 Å². The summed E-state index contributed by atoms with van der Waals surface area (Å²) in [4.78, 5) is 17.8. The number of benzene rings is 1. The summed E-state index contributed by atoms with van der Waals surface area (Å²) in [5.74, 6) is 0.821. The zero-order chi connectivity index (χ0) is 26.1. The van der Waals surface area contributed by atoms with Gasteiger partial charge in [-0.15, -0.1) is 0 Å². The van der Waals surface area contributed by atoms with E-state index < -0.39 is 5.60 Å². The summed E-state index contributed by atoms with van der Waals surface area (Å²) in [6, 6.07) is 8.39. The third kappa shape index (κ3) is 4.85. The Bertz CT molecular complexity index is 1080. The zero-order valence-electron chi connectivity index (χ0n) is 22.7. The maximum atomic E-state index is 13.1. The molecule has 0 aromatic heterocycles. The van der Waals surface area contributed by atoms with Crippen molar-refractivity contribution in [2.45, 2.75) is 78.2 Å². The topological polar surface area (TPSA) is 79.0 Å². The number of primary amides is 1. The summed E-state index contributed by atoms with van der Waals surface area (Å²) in [6.45, 7) is 10.5. The quantitative estimate of drug-likeness (QED) is 0.547. The molecule has 0 radical (unpaired) electrons. The molecule has 2 aliphatic heterocycles. The van der Waals surface area contributed by atoms with Crippen LogP contribution >= 0.6 is 0 Å². The van der Waals surface area contributed by atoms with E-state index in [2.05, 4.69) is 67.8 Å². The van der Waals surface area contributed by atoms with Crippen LogP contribution in [0.15, 0.2) is 58.6 Å². The number of likely N-dealkylation sites (tertiary alicyclic amines) is 1. The third-order valence-electron chi connectivity index (χ3n) is 8.28. The van der Waals surface area contributed by atoms with Crippen LogP contribution in [0.4, 0.5) is 5.69 Å². The lowest BCUT2D eigenvalue weighted by Crippen LogP contribution is -2.51. The highest BCUT2D eigenvalue weighted by Gasteiger charge is 2.43. The van der Waals surface area contributed by atoms with Crippen molar-refractivity contribution >= 4 is 11.6 Å². The molecule has 1 aromatic carbocycles. The van der Waals surface area contributed by atoms with Crippen LogP contribution in [0.25, 0.3) is 0 Å². The second kappa shape index (κ2) is 10.4. The number of allylic oxidation sites excluding steroid dienone is 3. The Morgan fingerprint density at radius 2 is 1.86 bits per heavy atom. The number of fused-ring (bicyclic) bond motifs is 1. The van der Waals surface area contributed by atoms with Crippen molar-refractivity contribution in [3.8, 4) is 0 Å². The van der Waals surface area contributed by atoms with Crippen molar-refractivity contribution in [3.63, 3.8) is 0 Å². The second-order valence-corrected chi connectivity index (χ2v) is 11.4. The number of carbonyl (C=O) groups excluding carboxylic acids is 1. The van der Waals surface area contributed by atoms with E-state index in [4.69, 9.17) is 10.5 Å². The van der Waals surface area contributed by atoms with Crippen LogP contribution in [0.3, 0.4) is 0 Å². The highest BCUT2D eigenvalue weighted by molar-refractivity contribution is 6.01. The highest BCUT2D eigenvalue weighted by atomic mass is 16.5. The number of unbranched alkanes of at least 4 members (excludes halogenated alkanes) is 1. The van der Waals surface area contributed by atoms with E-state index in [1.54, 1.807) is 7.11 Å². The molecule has 6 heteroatoms. The third-order valence-corrected chi connectivity index (χ3v) is 8.28. The molecule has 36 heavy (non-hydrogen) atoms. The van der Waals surface area contributed by atoms with Crippen LogP contribution in [0.5, 0.6) is 0 Å². The fourth-order valence-corrected chi connectivity index (χ4v) is 5.99. The van der Waals surface area contributed by atoms with E-state index >= 15 is 0 Å². The van der Waals surface area contributed by atoms with Gasteiger partial charge in [-0.2, -0.15) is 0 Å². The summed E-state index contributed by atoms with van der Waals surface area (Å²) in [5, 5.41) is 10.1. The van der Waals surface area contributed by atoms with Gasteiger partial charge in [0.05, 0.1) is 29.2 Å². The number of aliphatic hydroxyl groups excluding tert-OH is 1. The molecule has 2 heterocycles. The van der Waals surface area contributed by atoms with Gasteiger partial charge >= 0.3 is 0 Å². The number of nitrogens with zero attached hydrogens (tertiary/aromatic N) is 2. The van der Waals surface area contributed by atoms with Gasteiger partial charge in [-0.1, -0.05) is 51.5 Å². The van der Waals surface area contributed by atoms with E-state index in [1.165, 1.54) is 11.4 Å². The van der Waals surface area contributed by atoms with Gasteiger partial charge in [-0.05, 0) is 73.6 Å². The molecule has 3 aliphatic rings. The van der Waals surface area contributed by atoms with E-state index in [-0.39, 0.29) is 17.9 Å². The highest BCUT2D eigenvalue weighted by Crippen LogP contribution is 2.51. The molecule has 1 aromatic rings. The average Bonchev–Trinajstić information content (AvgIpc) is 2.86. The first-order valence-electron chi connectivity index (χ1n) is 13.4. The van der Waals surface area contributed by atoms with Crippen LogP contribution in [-0.4, -0.2) is 48.3 Å². The number of hydrogen-bond acceptors (Lipinski definition) is 5. The minimum Gasteiger partial charge on any atom is -0.393 e. The van der Waals surface area contributed by atoms with Crippen LogP contribution in [0, 0.1) is 12.3 Å². The summed E-state index contributed by atoms with van der Waals surface area (Å²) in [7, 11) is 1.70. The van der Waals surface area contributed by atoms with Gasteiger partial charge in [-0.3, -0.25) is 9.69 Å². The van der Waals surface area contributed by atoms with Gasteiger partial charge in [0, 0.05) is 20.2 Å². The molecule has 2 fully saturated rings. The Labute approximate surface area is 216 Å². The smallest absolute Gasteiger partial charge is 0.251 e. The molecule has 0 atom stereocenters. The molecule has 1 saturated heterocycles. The molecular formula is C30H43N3O3. The average molecular weight is 494 g/mol. The number of hydrogen-bond donors (Lipinski definition) is 2. The number of piperidine rings is 1. The molecule has 0 bridgehead atoms. The zero-order valence-corrected chi connectivity index (χ0v) is 22.7. The number of aryl methyl sites for hydroxylation is 1. The van der Waals surface area contributed by atoms with Crippen molar-refractivity contribution in [2.75, 3.05) is 31.7 Å². The van der Waals surface area contributed by atoms with Crippen molar-refractivity contribution < 1.29 is 14.6 Å².